The monoisotopic (exact) mass is 288 g/mol. The highest BCUT2D eigenvalue weighted by Crippen LogP contribution is 2.23. The van der Waals surface area contributed by atoms with Crippen molar-refractivity contribution in [1.82, 2.24) is 0 Å². The minimum absolute atomic E-state index is 0.148. The number of amides is 1. The molecule has 0 fully saturated rings. The van der Waals surface area contributed by atoms with Gasteiger partial charge in [-0.2, -0.15) is 0 Å². The Morgan fingerprint density at radius 3 is 2.62 bits per heavy atom. The third-order valence-electron chi connectivity index (χ3n) is 2.62. The number of primary amides is 1. The van der Waals surface area contributed by atoms with Gasteiger partial charge in [-0.25, -0.2) is 4.39 Å². The van der Waals surface area contributed by atoms with Gasteiger partial charge in [0, 0.05) is 6.07 Å². The molecule has 0 bridgehead atoms. The number of halogens is 1. The Bertz CT molecular complexity index is 672. The Balaban J connectivity index is 2.28. The maximum Gasteiger partial charge on any atom is 0.223 e. The van der Waals surface area contributed by atoms with Crippen LogP contribution in [0.3, 0.4) is 0 Å². The number of nitrogens with zero attached hydrogens (tertiary/aromatic N) is 1. The van der Waals surface area contributed by atoms with Crippen LogP contribution in [-0.2, 0) is 4.79 Å². The van der Waals surface area contributed by atoms with Gasteiger partial charge in [-0.3, -0.25) is 4.79 Å². The summed E-state index contributed by atoms with van der Waals surface area (Å²) in [6.07, 6.45) is -0.148. The highest BCUT2D eigenvalue weighted by Gasteiger charge is 2.10. The lowest BCUT2D eigenvalue weighted by atomic mass is 10.1. The van der Waals surface area contributed by atoms with Crippen molar-refractivity contribution in [2.75, 3.05) is 0 Å². The summed E-state index contributed by atoms with van der Waals surface area (Å²) in [5.74, 6) is -1.66. The Kier molecular flexibility index (Phi) is 4.50. The second-order valence-electron chi connectivity index (χ2n) is 4.25. The van der Waals surface area contributed by atoms with E-state index in [1.165, 1.54) is 6.07 Å². The summed E-state index contributed by atoms with van der Waals surface area (Å²) >= 11 is 0. The van der Waals surface area contributed by atoms with Gasteiger partial charge < -0.3 is 15.7 Å². The second-order valence-corrected chi connectivity index (χ2v) is 4.25. The number of rotatable bonds is 5. The van der Waals surface area contributed by atoms with Crippen molar-refractivity contribution in [2.24, 2.45) is 10.9 Å². The fraction of sp³-hybridized carbons (Fsp3) is 0.0667. The molecular weight excluding hydrogens is 275 g/mol. The Labute approximate surface area is 120 Å². The first-order valence-corrected chi connectivity index (χ1v) is 6.12. The fourth-order valence-corrected chi connectivity index (χ4v) is 1.65. The molecule has 0 aliphatic heterocycles. The molecule has 0 radical (unpaired) electrons. The van der Waals surface area contributed by atoms with Crippen LogP contribution in [0.15, 0.2) is 53.7 Å². The number of hydrogen-bond donors (Lipinski definition) is 2. The van der Waals surface area contributed by atoms with Crippen molar-refractivity contribution in [3.8, 4) is 11.5 Å². The predicted molar refractivity (Wildman–Crippen MR) is 75.5 cm³/mol. The summed E-state index contributed by atoms with van der Waals surface area (Å²) in [4.78, 5) is 16.1. The van der Waals surface area contributed by atoms with Gasteiger partial charge in [-0.15, -0.1) is 0 Å². The molecule has 2 aromatic carbocycles. The molecule has 2 aromatic rings. The molecule has 3 N–H and O–H groups in total. The molecule has 0 atom stereocenters. The van der Waals surface area contributed by atoms with E-state index in [2.05, 4.69) is 5.16 Å². The molecule has 108 valence electrons. The largest absolute Gasteiger partial charge is 0.508 e. The van der Waals surface area contributed by atoms with Gasteiger partial charge in [0.2, 0.25) is 5.91 Å². The minimum Gasteiger partial charge on any atom is -0.508 e. The van der Waals surface area contributed by atoms with E-state index in [0.717, 1.165) is 12.1 Å². The van der Waals surface area contributed by atoms with Gasteiger partial charge in [0.25, 0.3) is 0 Å². The van der Waals surface area contributed by atoms with Gasteiger partial charge >= 0.3 is 0 Å². The molecule has 0 spiro atoms. The third-order valence-corrected chi connectivity index (χ3v) is 2.62. The predicted octanol–water partition coefficient (Wildman–Crippen LogP) is 2.19. The highest BCUT2D eigenvalue weighted by molar-refractivity contribution is 6.09. The fourth-order valence-electron chi connectivity index (χ4n) is 1.65. The lowest BCUT2D eigenvalue weighted by Crippen LogP contribution is -2.17. The number of phenols is 1. The van der Waals surface area contributed by atoms with E-state index < -0.39 is 11.7 Å². The smallest absolute Gasteiger partial charge is 0.223 e. The van der Waals surface area contributed by atoms with Crippen LogP contribution in [0.2, 0.25) is 0 Å². The summed E-state index contributed by atoms with van der Waals surface area (Å²) < 4.78 is 13.5. The number of aromatic hydroxyl groups is 1. The zero-order valence-electron chi connectivity index (χ0n) is 11.0. The van der Waals surface area contributed by atoms with Crippen LogP contribution in [0.5, 0.6) is 11.5 Å². The number of carbonyl (C=O) groups excluding carboxylic acids is 1. The van der Waals surface area contributed by atoms with Crippen LogP contribution in [0.1, 0.15) is 12.0 Å². The zero-order chi connectivity index (χ0) is 15.2. The Hall–Kier alpha value is -2.89. The number of phenolic OH excluding ortho intramolecular Hbond substituents is 1. The standard InChI is InChI=1S/C15H13FN2O3/c16-12-7-6-11(19)8-14(12)21-18-13(9-15(17)20)10-4-2-1-3-5-10/h1-8,19H,9H2,(H2,17,20)/b18-13+. The van der Waals surface area contributed by atoms with Gasteiger partial charge in [-0.1, -0.05) is 35.5 Å². The molecule has 2 rings (SSSR count). The van der Waals surface area contributed by atoms with E-state index >= 15 is 0 Å². The first-order chi connectivity index (χ1) is 10.1. The molecule has 0 heterocycles. The van der Waals surface area contributed by atoms with Crippen LogP contribution in [0.25, 0.3) is 0 Å². The van der Waals surface area contributed by atoms with Crippen LogP contribution in [0.4, 0.5) is 4.39 Å². The highest BCUT2D eigenvalue weighted by atomic mass is 19.1. The lowest BCUT2D eigenvalue weighted by Gasteiger charge is -2.06. The quantitative estimate of drug-likeness (QED) is 0.653. The first kappa shape index (κ1) is 14.5. The molecule has 5 nitrogen and oxygen atoms in total. The van der Waals surface area contributed by atoms with Gasteiger partial charge in [0.05, 0.1) is 12.1 Å². The zero-order valence-corrected chi connectivity index (χ0v) is 11.0. The summed E-state index contributed by atoms with van der Waals surface area (Å²) in [5.41, 5.74) is 6.07. The molecule has 0 aliphatic carbocycles. The van der Waals surface area contributed by atoms with E-state index in [9.17, 15) is 14.3 Å². The van der Waals surface area contributed by atoms with E-state index in [0.29, 0.717) is 5.56 Å². The number of nitrogens with two attached hydrogens (primary N) is 1. The van der Waals surface area contributed by atoms with Crippen molar-refractivity contribution in [3.63, 3.8) is 0 Å². The minimum atomic E-state index is -0.678. The van der Waals surface area contributed by atoms with E-state index in [-0.39, 0.29) is 23.6 Å². The molecule has 0 unspecified atom stereocenters. The average Bonchev–Trinajstić information content (AvgIpc) is 2.47. The summed E-state index contributed by atoms with van der Waals surface area (Å²) in [7, 11) is 0. The normalized spacial score (nSPS) is 11.2. The van der Waals surface area contributed by atoms with Gasteiger partial charge in [-0.05, 0) is 17.7 Å². The van der Waals surface area contributed by atoms with E-state index in [1.807, 2.05) is 0 Å². The van der Waals surface area contributed by atoms with Crippen molar-refractivity contribution in [3.05, 3.63) is 59.9 Å². The number of carbonyl (C=O) groups is 1. The molecular formula is C15H13FN2O3. The van der Waals surface area contributed by atoms with Gasteiger partial charge in [0.15, 0.2) is 11.6 Å². The number of benzene rings is 2. The number of hydrogen-bond acceptors (Lipinski definition) is 4. The molecule has 0 aromatic heterocycles. The average molecular weight is 288 g/mol. The van der Waals surface area contributed by atoms with Gasteiger partial charge in [0.1, 0.15) is 5.75 Å². The van der Waals surface area contributed by atoms with Crippen molar-refractivity contribution >= 4 is 11.6 Å². The van der Waals surface area contributed by atoms with Crippen LogP contribution < -0.4 is 10.6 Å². The molecule has 1 amide bonds. The lowest BCUT2D eigenvalue weighted by molar-refractivity contribution is -0.116. The number of oxime groups is 1. The van der Waals surface area contributed by atoms with Crippen molar-refractivity contribution in [1.29, 1.82) is 0 Å². The first-order valence-electron chi connectivity index (χ1n) is 6.12. The molecule has 0 saturated heterocycles. The van der Waals surface area contributed by atoms with Crippen molar-refractivity contribution in [2.45, 2.75) is 6.42 Å². The molecule has 0 aliphatic rings. The molecule has 6 heteroatoms. The van der Waals surface area contributed by atoms with Crippen molar-refractivity contribution < 1.29 is 19.1 Å². The topological polar surface area (TPSA) is 84.9 Å². The molecule has 21 heavy (non-hydrogen) atoms. The summed E-state index contributed by atoms with van der Waals surface area (Å²) in [6.45, 7) is 0. The van der Waals surface area contributed by atoms with E-state index in [1.54, 1.807) is 30.3 Å². The Morgan fingerprint density at radius 1 is 1.24 bits per heavy atom. The summed E-state index contributed by atoms with van der Waals surface area (Å²) in [5, 5.41) is 13.1. The van der Waals surface area contributed by atoms with Crippen LogP contribution in [-0.4, -0.2) is 16.7 Å². The third kappa shape index (κ3) is 4.04. The maximum atomic E-state index is 13.5. The maximum absolute atomic E-state index is 13.5. The van der Waals surface area contributed by atoms with E-state index in [4.69, 9.17) is 10.6 Å². The van der Waals surface area contributed by atoms with Crippen LogP contribution >= 0.6 is 0 Å². The Morgan fingerprint density at radius 2 is 1.95 bits per heavy atom. The summed E-state index contributed by atoms with van der Waals surface area (Å²) in [6, 6.07) is 12.1. The SMILES string of the molecule is NC(=O)C/C(=N\Oc1cc(O)ccc1F)c1ccccc1. The molecule has 0 saturated carbocycles. The van der Waals surface area contributed by atoms with Crippen LogP contribution in [0, 0.1) is 5.82 Å². The second kappa shape index (κ2) is 6.51.